The normalized spacial score (nSPS) is 12.2. The van der Waals surface area contributed by atoms with Gasteiger partial charge in [0.2, 0.25) is 9.84 Å². The van der Waals surface area contributed by atoms with Crippen molar-refractivity contribution in [3.05, 3.63) is 89.4 Å². The number of sulfone groups is 1. The molecule has 0 aliphatic heterocycles. The van der Waals surface area contributed by atoms with E-state index in [1.807, 2.05) is 42.5 Å². The van der Waals surface area contributed by atoms with Gasteiger partial charge in [0.25, 0.3) is 0 Å². The van der Waals surface area contributed by atoms with Crippen LogP contribution in [0.3, 0.4) is 0 Å². The molecule has 0 spiro atoms. The van der Waals surface area contributed by atoms with Gasteiger partial charge in [0.15, 0.2) is 5.65 Å². The van der Waals surface area contributed by atoms with E-state index in [1.165, 1.54) is 16.8 Å². The van der Waals surface area contributed by atoms with Gasteiger partial charge in [-0.2, -0.15) is 9.78 Å². The number of para-hydroxylation sites is 2. The van der Waals surface area contributed by atoms with Crippen LogP contribution in [0.25, 0.3) is 22.2 Å². The molecule has 7 nitrogen and oxygen atoms in total. The zero-order valence-electron chi connectivity index (χ0n) is 16.6. The summed E-state index contributed by atoms with van der Waals surface area (Å²) in [6.07, 6.45) is 1.59. The van der Waals surface area contributed by atoms with Crippen LogP contribution in [0.4, 0.5) is 5.82 Å². The van der Waals surface area contributed by atoms with E-state index < -0.39 is 9.84 Å². The molecule has 5 rings (SSSR count). The first-order chi connectivity index (χ1) is 15.4. The number of halogens is 1. The number of nitrogens with two attached hydrogens (primary N) is 1. The molecule has 0 aliphatic rings. The quantitative estimate of drug-likeness (QED) is 0.396. The van der Waals surface area contributed by atoms with Crippen molar-refractivity contribution in [2.75, 3.05) is 5.73 Å². The topological polar surface area (TPSA) is 103 Å². The second-order valence-corrected chi connectivity index (χ2v) is 9.35. The Morgan fingerprint density at radius 2 is 1.59 bits per heavy atom. The van der Waals surface area contributed by atoms with E-state index in [4.69, 9.17) is 17.3 Å². The highest BCUT2D eigenvalue weighted by Crippen LogP contribution is 2.35. The van der Waals surface area contributed by atoms with Crippen LogP contribution in [0.2, 0.25) is 5.02 Å². The van der Waals surface area contributed by atoms with E-state index >= 15 is 0 Å². The standard InChI is InChI=1S/C23H16ClN5O2S/c24-16-9-6-10-17(13-16)32(30,31)21-20-23(28-19-12-5-4-11-18(19)27-20)29(22(21)25)26-14-15-7-2-1-3-8-15/h1-14H,25H2. The fourth-order valence-electron chi connectivity index (χ4n) is 3.42. The fourth-order valence-corrected chi connectivity index (χ4v) is 5.20. The maximum atomic E-state index is 13.6. The van der Waals surface area contributed by atoms with Crippen LogP contribution in [-0.2, 0) is 9.84 Å². The zero-order chi connectivity index (χ0) is 22.3. The van der Waals surface area contributed by atoms with E-state index in [1.54, 1.807) is 30.5 Å². The summed E-state index contributed by atoms with van der Waals surface area (Å²) in [6, 6.07) is 22.6. The first-order valence-corrected chi connectivity index (χ1v) is 11.5. The Morgan fingerprint density at radius 1 is 0.906 bits per heavy atom. The molecule has 0 amide bonds. The molecule has 0 radical (unpaired) electrons. The van der Waals surface area contributed by atoms with E-state index in [0.29, 0.717) is 16.1 Å². The molecule has 0 atom stereocenters. The van der Waals surface area contributed by atoms with Gasteiger partial charge in [-0.1, -0.05) is 60.1 Å². The second-order valence-electron chi connectivity index (χ2n) is 7.03. The van der Waals surface area contributed by atoms with Gasteiger partial charge >= 0.3 is 0 Å². The van der Waals surface area contributed by atoms with E-state index in [-0.39, 0.29) is 26.8 Å². The Balaban J connectivity index is 1.82. The first-order valence-electron chi connectivity index (χ1n) is 9.62. The lowest BCUT2D eigenvalue weighted by Gasteiger charge is -2.05. The largest absolute Gasteiger partial charge is 0.382 e. The van der Waals surface area contributed by atoms with Crippen molar-refractivity contribution >= 4 is 55.7 Å². The van der Waals surface area contributed by atoms with Crippen LogP contribution in [0, 0.1) is 0 Å². The molecule has 158 valence electrons. The van der Waals surface area contributed by atoms with Gasteiger partial charge in [-0.25, -0.2) is 18.4 Å². The molecule has 0 unspecified atom stereocenters. The van der Waals surface area contributed by atoms with Crippen LogP contribution in [-0.4, -0.2) is 29.3 Å². The van der Waals surface area contributed by atoms with Crippen LogP contribution in [0.1, 0.15) is 5.56 Å². The number of nitrogens with zero attached hydrogens (tertiary/aromatic N) is 4. The molecule has 5 aromatic rings. The van der Waals surface area contributed by atoms with Crippen molar-refractivity contribution < 1.29 is 8.42 Å². The minimum absolute atomic E-state index is 0.0118. The number of rotatable bonds is 4. The molecule has 2 aromatic heterocycles. The van der Waals surface area contributed by atoms with Crippen molar-refractivity contribution in [1.29, 1.82) is 0 Å². The first kappa shape index (κ1) is 20.2. The summed E-state index contributed by atoms with van der Waals surface area (Å²) in [5.41, 5.74) is 8.72. The van der Waals surface area contributed by atoms with Gasteiger partial charge in [-0.15, -0.1) is 0 Å². The number of benzene rings is 3. The highest BCUT2D eigenvalue weighted by Gasteiger charge is 2.30. The smallest absolute Gasteiger partial charge is 0.212 e. The maximum absolute atomic E-state index is 13.6. The number of aromatic nitrogens is 3. The molecule has 3 aromatic carbocycles. The predicted octanol–water partition coefficient (Wildman–Crippen LogP) is 4.54. The summed E-state index contributed by atoms with van der Waals surface area (Å²) in [4.78, 5) is 9.05. The monoisotopic (exact) mass is 461 g/mol. The van der Waals surface area contributed by atoms with E-state index in [0.717, 1.165) is 5.56 Å². The Bertz CT molecular complexity index is 1610. The van der Waals surface area contributed by atoms with Crippen molar-refractivity contribution in [3.63, 3.8) is 0 Å². The highest BCUT2D eigenvalue weighted by atomic mass is 35.5. The van der Waals surface area contributed by atoms with Crippen LogP contribution >= 0.6 is 11.6 Å². The summed E-state index contributed by atoms with van der Waals surface area (Å²) in [6.45, 7) is 0. The average molecular weight is 462 g/mol. The fraction of sp³-hybridized carbons (Fsp3) is 0. The molecule has 0 bridgehead atoms. The van der Waals surface area contributed by atoms with Gasteiger partial charge in [-0.3, -0.25) is 0 Å². The lowest BCUT2D eigenvalue weighted by Crippen LogP contribution is -2.06. The SMILES string of the molecule is Nc1c(S(=O)(=O)c2cccc(Cl)c2)c2nc3ccccc3nc2n1N=Cc1ccccc1. The Kier molecular flexibility index (Phi) is 4.88. The molecule has 0 saturated heterocycles. The van der Waals surface area contributed by atoms with Crippen LogP contribution < -0.4 is 5.73 Å². The molecule has 0 fully saturated rings. The van der Waals surface area contributed by atoms with Gasteiger partial charge in [0.05, 0.1) is 22.1 Å². The van der Waals surface area contributed by atoms with Crippen molar-refractivity contribution in [3.8, 4) is 0 Å². The Labute approximate surface area is 188 Å². The number of anilines is 1. The lowest BCUT2D eigenvalue weighted by molar-refractivity contribution is 0.597. The number of fused-ring (bicyclic) bond motifs is 2. The van der Waals surface area contributed by atoms with Crippen molar-refractivity contribution in [2.45, 2.75) is 9.79 Å². The Morgan fingerprint density at radius 3 is 2.31 bits per heavy atom. The van der Waals surface area contributed by atoms with Crippen LogP contribution in [0.5, 0.6) is 0 Å². The zero-order valence-corrected chi connectivity index (χ0v) is 18.1. The highest BCUT2D eigenvalue weighted by molar-refractivity contribution is 7.92. The predicted molar refractivity (Wildman–Crippen MR) is 126 cm³/mol. The summed E-state index contributed by atoms with van der Waals surface area (Å²) >= 11 is 6.04. The Hall–Kier alpha value is -3.75. The molecule has 0 aliphatic carbocycles. The van der Waals surface area contributed by atoms with E-state index in [2.05, 4.69) is 15.1 Å². The summed E-state index contributed by atoms with van der Waals surface area (Å²) < 4.78 is 28.5. The molecular weight excluding hydrogens is 446 g/mol. The molecule has 32 heavy (non-hydrogen) atoms. The number of hydrogen-bond donors (Lipinski definition) is 1. The van der Waals surface area contributed by atoms with Crippen molar-refractivity contribution in [2.24, 2.45) is 5.10 Å². The maximum Gasteiger partial charge on any atom is 0.212 e. The molecule has 9 heteroatoms. The molecule has 2 N–H and O–H groups in total. The third-order valence-corrected chi connectivity index (χ3v) is 6.98. The third-order valence-electron chi connectivity index (χ3n) is 4.93. The summed E-state index contributed by atoms with van der Waals surface area (Å²) in [7, 11) is -4.06. The third kappa shape index (κ3) is 3.39. The molecule has 0 saturated carbocycles. The van der Waals surface area contributed by atoms with E-state index in [9.17, 15) is 8.42 Å². The summed E-state index contributed by atoms with van der Waals surface area (Å²) in [5, 5.41) is 4.73. The average Bonchev–Trinajstić information content (AvgIpc) is 3.07. The van der Waals surface area contributed by atoms with Crippen LogP contribution in [0.15, 0.2) is 93.8 Å². The second kappa shape index (κ2) is 7.74. The van der Waals surface area contributed by atoms with Gasteiger partial charge in [0.1, 0.15) is 16.2 Å². The molecular formula is C23H16ClN5O2S. The minimum atomic E-state index is -4.06. The van der Waals surface area contributed by atoms with Crippen molar-refractivity contribution in [1.82, 2.24) is 14.6 Å². The van der Waals surface area contributed by atoms with Gasteiger partial charge in [-0.05, 0) is 35.9 Å². The van der Waals surface area contributed by atoms with Gasteiger partial charge < -0.3 is 5.73 Å². The van der Waals surface area contributed by atoms with Gasteiger partial charge in [0, 0.05) is 5.02 Å². The summed E-state index contributed by atoms with van der Waals surface area (Å²) in [5.74, 6) is -0.0811. The number of nitrogen functional groups attached to an aromatic ring is 1. The minimum Gasteiger partial charge on any atom is -0.382 e. The lowest BCUT2D eigenvalue weighted by atomic mass is 10.2. The molecule has 2 heterocycles. The number of hydrogen-bond acceptors (Lipinski definition) is 6.